The Morgan fingerprint density at radius 1 is 1.27 bits per heavy atom. The number of nitrogens with zero attached hydrogens (tertiary/aromatic N) is 2. The molecule has 0 fully saturated rings. The first-order valence-electron chi connectivity index (χ1n) is 8.20. The van der Waals surface area contributed by atoms with Gasteiger partial charge < -0.3 is 19.9 Å². The summed E-state index contributed by atoms with van der Waals surface area (Å²) in [5, 5.41) is 6.05. The first kappa shape index (κ1) is 16.1. The smallest absolute Gasteiger partial charge is 0.270 e. The topological polar surface area (TPSA) is 68.2 Å². The highest BCUT2D eigenvalue weighted by atomic mass is 19.1. The molecule has 26 heavy (non-hydrogen) atoms. The zero-order valence-electron chi connectivity index (χ0n) is 14.1. The Hall–Kier alpha value is -3.35. The lowest BCUT2D eigenvalue weighted by Gasteiger charge is -2.18. The molecule has 0 bridgehead atoms. The van der Waals surface area contributed by atoms with E-state index in [0.29, 0.717) is 30.2 Å². The molecule has 0 spiro atoms. The van der Waals surface area contributed by atoms with Crippen LogP contribution < -0.4 is 15.4 Å². The van der Waals surface area contributed by atoms with Gasteiger partial charge in [0.25, 0.3) is 5.91 Å². The number of carbonyl (C=O) groups excluding carboxylic acids is 1. The van der Waals surface area contributed by atoms with Crippen molar-refractivity contribution in [3.05, 3.63) is 60.4 Å². The number of para-hydroxylation sites is 1. The molecule has 3 aromatic rings. The van der Waals surface area contributed by atoms with Crippen LogP contribution in [0.4, 0.5) is 15.8 Å². The highest BCUT2D eigenvalue weighted by Crippen LogP contribution is 2.38. The lowest BCUT2D eigenvalue weighted by Crippen LogP contribution is -2.35. The van der Waals surface area contributed by atoms with Crippen LogP contribution in [0.15, 0.2) is 48.9 Å². The second-order valence-corrected chi connectivity index (χ2v) is 5.90. The number of ether oxygens (including phenoxy) is 1. The number of carbonyl (C=O) groups is 1. The van der Waals surface area contributed by atoms with Gasteiger partial charge in [0.05, 0.1) is 18.5 Å². The lowest BCUT2D eigenvalue weighted by atomic mass is 10.1. The monoisotopic (exact) mass is 352 g/mol. The number of halogens is 1. The quantitative estimate of drug-likeness (QED) is 0.757. The number of methoxy groups -OCH3 is 1. The molecular weight excluding hydrogens is 335 g/mol. The number of nitrogens with one attached hydrogen (secondary N) is 2. The summed E-state index contributed by atoms with van der Waals surface area (Å²) in [7, 11) is 1.41. The van der Waals surface area contributed by atoms with E-state index >= 15 is 0 Å². The van der Waals surface area contributed by atoms with Gasteiger partial charge in [0.15, 0.2) is 11.6 Å². The minimum Gasteiger partial charge on any atom is -0.492 e. The van der Waals surface area contributed by atoms with E-state index in [1.807, 2.05) is 22.9 Å². The molecule has 7 heteroatoms. The van der Waals surface area contributed by atoms with Crippen LogP contribution in [0.1, 0.15) is 10.5 Å². The molecule has 1 amide bonds. The molecule has 4 rings (SSSR count). The first-order chi connectivity index (χ1) is 12.7. The maximum atomic E-state index is 14.1. The number of pyridine rings is 1. The third-order valence-electron chi connectivity index (χ3n) is 4.35. The van der Waals surface area contributed by atoms with E-state index < -0.39 is 5.82 Å². The Bertz CT molecular complexity index is 969. The van der Waals surface area contributed by atoms with E-state index in [-0.39, 0.29) is 11.7 Å². The first-order valence-corrected chi connectivity index (χ1v) is 8.20. The number of hydrogen-bond acceptors (Lipinski definition) is 4. The van der Waals surface area contributed by atoms with Crippen molar-refractivity contribution < 1.29 is 13.9 Å². The van der Waals surface area contributed by atoms with Crippen LogP contribution in [0.5, 0.6) is 5.75 Å². The van der Waals surface area contributed by atoms with Gasteiger partial charge in [-0.1, -0.05) is 6.07 Å². The van der Waals surface area contributed by atoms with E-state index in [9.17, 15) is 9.18 Å². The molecule has 3 heterocycles. The predicted molar refractivity (Wildman–Crippen MR) is 96.2 cm³/mol. The average Bonchev–Trinajstić information content (AvgIpc) is 3.02. The van der Waals surface area contributed by atoms with Crippen LogP contribution in [-0.2, 0) is 6.54 Å². The fourth-order valence-corrected chi connectivity index (χ4v) is 3.18. The molecule has 6 nitrogen and oxygen atoms in total. The van der Waals surface area contributed by atoms with E-state index in [2.05, 4.69) is 15.6 Å². The van der Waals surface area contributed by atoms with Crippen LogP contribution in [0, 0.1) is 5.82 Å². The predicted octanol–water partition coefficient (Wildman–Crippen LogP) is 3.18. The summed E-state index contributed by atoms with van der Waals surface area (Å²) in [6.45, 7) is 1.24. The van der Waals surface area contributed by atoms with E-state index in [1.165, 1.54) is 13.2 Å². The molecule has 0 radical (unpaired) electrons. The number of hydrogen-bond donors (Lipinski definition) is 2. The summed E-state index contributed by atoms with van der Waals surface area (Å²) in [5.41, 5.74) is 3.32. The zero-order chi connectivity index (χ0) is 18.1. The van der Waals surface area contributed by atoms with Gasteiger partial charge in [0.2, 0.25) is 0 Å². The molecule has 1 aliphatic heterocycles. The molecule has 2 N–H and O–H groups in total. The fraction of sp³-hybridized carbons (Fsp3) is 0.158. The number of amides is 1. The van der Waals surface area contributed by atoms with Crippen molar-refractivity contribution in [2.75, 3.05) is 19.0 Å². The maximum Gasteiger partial charge on any atom is 0.270 e. The molecule has 0 saturated carbocycles. The Morgan fingerprint density at radius 3 is 2.85 bits per heavy atom. The van der Waals surface area contributed by atoms with Crippen molar-refractivity contribution in [1.82, 2.24) is 14.9 Å². The van der Waals surface area contributed by atoms with Crippen molar-refractivity contribution in [1.29, 1.82) is 0 Å². The lowest BCUT2D eigenvalue weighted by molar-refractivity contribution is 0.0929. The molecule has 132 valence electrons. The zero-order valence-corrected chi connectivity index (χ0v) is 14.1. The maximum absolute atomic E-state index is 14.1. The van der Waals surface area contributed by atoms with Gasteiger partial charge in [-0.05, 0) is 29.8 Å². The summed E-state index contributed by atoms with van der Waals surface area (Å²) in [6, 6.07) is 8.37. The Labute approximate surface area is 149 Å². The number of rotatable bonds is 4. The minimum atomic E-state index is -0.472. The minimum absolute atomic E-state index is 0.101. The molecule has 0 unspecified atom stereocenters. The second kappa shape index (κ2) is 6.51. The fourth-order valence-electron chi connectivity index (χ4n) is 3.18. The van der Waals surface area contributed by atoms with Crippen molar-refractivity contribution in [3.63, 3.8) is 0 Å². The molecular formula is C19H17FN4O2. The Morgan fingerprint density at radius 2 is 2.08 bits per heavy atom. The standard InChI is InChI=1S/C19H17FN4O2/c1-26-18-14(20)3-2-4-15(18)23-16-13(12-5-7-21-8-6-12)11-24-10-9-22-19(25)17(16)24/h2-8,11,23H,9-10H2,1H3,(H,22,25). The largest absolute Gasteiger partial charge is 0.492 e. The second-order valence-electron chi connectivity index (χ2n) is 5.90. The Balaban J connectivity index is 1.88. The van der Waals surface area contributed by atoms with Crippen LogP contribution in [0.2, 0.25) is 0 Å². The van der Waals surface area contributed by atoms with Crippen molar-refractivity contribution >= 4 is 17.3 Å². The highest BCUT2D eigenvalue weighted by molar-refractivity contribution is 6.04. The summed E-state index contributed by atoms with van der Waals surface area (Å²) >= 11 is 0. The van der Waals surface area contributed by atoms with E-state index in [0.717, 1.165) is 11.1 Å². The highest BCUT2D eigenvalue weighted by Gasteiger charge is 2.26. The van der Waals surface area contributed by atoms with E-state index in [4.69, 9.17) is 4.74 Å². The van der Waals surface area contributed by atoms with Gasteiger partial charge in [-0.25, -0.2) is 4.39 Å². The van der Waals surface area contributed by atoms with Crippen LogP contribution >= 0.6 is 0 Å². The summed E-state index contributed by atoms with van der Waals surface area (Å²) in [5.74, 6) is -0.542. The molecule has 1 aliphatic rings. The van der Waals surface area contributed by atoms with Crippen LogP contribution in [-0.4, -0.2) is 29.1 Å². The normalized spacial score (nSPS) is 13.1. The van der Waals surface area contributed by atoms with Gasteiger partial charge in [0, 0.05) is 37.2 Å². The molecule has 0 atom stereocenters. The Kier molecular flexibility index (Phi) is 4.04. The molecule has 1 aromatic carbocycles. The molecule has 2 aromatic heterocycles. The van der Waals surface area contributed by atoms with Gasteiger partial charge in [0.1, 0.15) is 5.69 Å². The summed E-state index contributed by atoms with van der Waals surface area (Å²) in [6.07, 6.45) is 5.31. The number of benzene rings is 1. The van der Waals surface area contributed by atoms with Gasteiger partial charge in [-0.15, -0.1) is 0 Å². The molecule has 0 saturated heterocycles. The SMILES string of the molecule is COc1c(F)cccc1Nc1c(-c2ccncc2)cn2c1C(=O)NCC2. The van der Waals surface area contributed by atoms with E-state index in [1.54, 1.807) is 24.5 Å². The average molecular weight is 352 g/mol. The van der Waals surface area contributed by atoms with Gasteiger partial charge in [-0.3, -0.25) is 9.78 Å². The third-order valence-corrected chi connectivity index (χ3v) is 4.35. The van der Waals surface area contributed by atoms with Crippen LogP contribution in [0.3, 0.4) is 0 Å². The summed E-state index contributed by atoms with van der Waals surface area (Å²) in [4.78, 5) is 16.5. The van der Waals surface area contributed by atoms with Gasteiger partial charge in [-0.2, -0.15) is 0 Å². The number of anilines is 2. The van der Waals surface area contributed by atoms with Crippen molar-refractivity contribution in [2.45, 2.75) is 6.54 Å². The number of fused-ring (bicyclic) bond motifs is 1. The molecule has 0 aliphatic carbocycles. The third kappa shape index (κ3) is 2.67. The van der Waals surface area contributed by atoms with Crippen molar-refractivity contribution in [3.8, 4) is 16.9 Å². The summed E-state index contributed by atoms with van der Waals surface area (Å²) < 4.78 is 21.2. The number of aromatic nitrogens is 2. The van der Waals surface area contributed by atoms with Gasteiger partial charge >= 0.3 is 0 Å². The van der Waals surface area contributed by atoms with Crippen molar-refractivity contribution in [2.24, 2.45) is 0 Å². The van der Waals surface area contributed by atoms with Crippen LogP contribution in [0.25, 0.3) is 11.1 Å².